The van der Waals surface area contributed by atoms with Gasteiger partial charge in [0.15, 0.2) is 11.5 Å². The lowest BCUT2D eigenvalue weighted by atomic mass is 10.1. The van der Waals surface area contributed by atoms with Crippen molar-refractivity contribution < 1.29 is 19.0 Å². The second-order valence-electron chi connectivity index (χ2n) is 6.88. The lowest BCUT2D eigenvalue weighted by molar-refractivity contribution is -0.0733. The third-order valence-corrected chi connectivity index (χ3v) is 4.14. The fourth-order valence-electron chi connectivity index (χ4n) is 2.75. The summed E-state index contributed by atoms with van der Waals surface area (Å²) in [4.78, 5) is 14.2. The number of morpholine rings is 1. The Morgan fingerprint density at radius 2 is 2.16 bits per heavy atom. The van der Waals surface area contributed by atoms with Gasteiger partial charge in [-0.15, -0.1) is 0 Å². The number of nitrogens with zero attached hydrogens (tertiary/aromatic N) is 1. The first kappa shape index (κ1) is 19.4. The Morgan fingerprint density at radius 3 is 2.84 bits per heavy atom. The summed E-state index contributed by atoms with van der Waals surface area (Å²) in [6.07, 6.45) is 2.10. The highest BCUT2D eigenvalue weighted by atomic mass is 16.5. The van der Waals surface area contributed by atoms with E-state index in [-0.39, 0.29) is 11.6 Å². The van der Waals surface area contributed by atoms with Crippen molar-refractivity contribution in [2.24, 2.45) is 0 Å². The molecule has 25 heavy (non-hydrogen) atoms. The lowest BCUT2D eigenvalue weighted by Gasteiger charge is -2.38. The average molecular weight is 350 g/mol. The summed E-state index contributed by atoms with van der Waals surface area (Å²) >= 11 is 0. The van der Waals surface area contributed by atoms with E-state index in [4.69, 9.17) is 14.2 Å². The Hall–Kier alpha value is -1.95. The van der Waals surface area contributed by atoms with Crippen LogP contribution in [0.15, 0.2) is 18.2 Å². The van der Waals surface area contributed by atoms with Crippen molar-refractivity contribution in [2.75, 3.05) is 33.4 Å². The van der Waals surface area contributed by atoms with Gasteiger partial charge in [-0.3, -0.25) is 0 Å². The lowest BCUT2D eigenvalue weighted by Crippen LogP contribution is -2.53. The molecule has 2 rings (SSSR count). The fourth-order valence-corrected chi connectivity index (χ4v) is 2.75. The van der Waals surface area contributed by atoms with Crippen LogP contribution in [0.3, 0.4) is 0 Å². The Kier molecular flexibility index (Phi) is 6.93. The minimum Gasteiger partial charge on any atom is -0.493 e. The minimum atomic E-state index is -0.295. The molecule has 0 spiro atoms. The Labute approximate surface area is 150 Å². The van der Waals surface area contributed by atoms with Crippen molar-refractivity contribution in [1.82, 2.24) is 10.2 Å². The van der Waals surface area contributed by atoms with E-state index in [1.165, 1.54) is 0 Å². The van der Waals surface area contributed by atoms with Gasteiger partial charge in [-0.25, -0.2) is 4.79 Å². The molecule has 0 aliphatic carbocycles. The highest BCUT2D eigenvalue weighted by molar-refractivity contribution is 5.74. The SMILES string of the molecule is CCCCOc1ccc(CNC(=O)N2CCOC(C)(C)C2)cc1OC. The molecule has 1 N–H and O–H groups in total. The van der Waals surface area contributed by atoms with Gasteiger partial charge in [0.05, 0.1) is 32.5 Å². The summed E-state index contributed by atoms with van der Waals surface area (Å²) in [5.41, 5.74) is 0.677. The van der Waals surface area contributed by atoms with E-state index < -0.39 is 0 Å². The van der Waals surface area contributed by atoms with Crippen LogP contribution in [0.25, 0.3) is 0 Å². The zero-order valence-corrected chi connectivity index (χ0v) is 15.8. The molecule has 1 saturated heterocycles. The Balaban J connectivity index is 1.90. The highest BCUT2D eigenvalue weighted by Gasteiger charge is 2.29. The second-order valence-corrected chi connectivity index (χ2v) is 6.88. The first-order valence-electron chi connectivity index (χ1n) is 8.91. The number of carbonyl (C=O) groups excluding carboxylic acids is 1. The predicted molar refractivity (Wildman–Crippen MR) is 97.2 cm³/mol. The van der Waals surface area contributed by atoms with Crippen LogP contribution in [0.4, 0.5) is 4.79 Å². The number of benzene rings is 1. The standard InChI is InChI=1S/C19H30N2O4/c1-5-6-10-24-16-8-7-15(12-17(16)23-4)13-20-18(22)21-9-11-25-19(2,3)14-21/h7-8,12H,5-6,9-11,13-14H2,1-4H3,(H,20,22). The Morgan fingerprint density at radius 1 is 1.36 bits per heavy atom. The van der Waals surface area contributed by atoms with Crippen molar-refractivity contribution in [2.45, 2.75) is 45.8 Å². The number of carbonyl (C=O) groups is 1. The van der Waals surface area contributed by atoms with Crippen LogP contribution in [0.1, 0.15) is 39.2 Å². The number of ether oxygens (including phenoxy) is 3. The monoisotopic (exact) mass is 350 g/mol. The van der Waals surface area contributed by atoms with Crippen molar-refractivity contribution in [3.63, 3.8) is 0 Å². The molecule has 0 saturated carbocycles. The first-order chi connectivity index (χ1) is 11.9. The van der Waals surface area contributed by atoms with Gasteiger partial charge in [0.1, 0.15) is 0 Å². The number of urea groups is 1. The molecule has 0 radical (unpaired) electrons. The minimum absolute atomic E-state index is 0.0707. The van der Waals surface area contributed by atoms with Gasteiger partial charge < -0.3 is 24.4 Å². The van der Waals surface area contributed by atoms with Crippen LogP contribution >= 0.6 is 0 Å². The zero-order chi connectivity index (χ0) is 18.3. The third kappa shape index (κ3) is 5.81. The van der Waals surface area contributed by atoms with E-state index >= 15 is 0 Å². The van der Waals surface area contributed by atoms with Gasteiger partial charge >= 0.3 is 6.03 Å². The molecule has 0 unspecified atom stereocenters. The predicted octanol–water partition coefficient (Wildman–Crippen LogP) is 3.19. The summed E-state index contributed by atoms with van der Waals surface area (Å²) in [5, 5.41) is 2.96. The average Bonchev–Trinajstić information content (AvgIpc) is 2.59. The van der Waals surface area contributed by atoms with Gasteiger partial charge in [-0.1, -0.05) is 19.4 Å². The molecular formula is C19H30N2O4. The normalized spacial score (nSPS) is 16.4. The number of nitrogens with one attached hydrogen (secondary N) is 1. The topological polar surface area (TPSA) is 60.0 Å². The van der Waals surface area contributed by atoms with Gasteiger partial charge in [0.25, 0.3) is 0 Å². The zero-order valence-electron chi connectivity index (χ0n) is 15.8. The van der Waals surface area contributed by atoms with Gasteiger partial charge in [-0.2, -0.15) is 0 Å². The highest BCUT2D eigenvalue weighted by Crippen LogP contribution is 2.28. The maximum absolute atomic E-state index is 12.4. The van der Waals surface area contributed by atoms with Crippen LogP contribution in [-0.2, 0) is 11.3 Å². The number of unbranched alkanes of at least 4 members (excludes halogenated alkanes) is 1. The van der Waals surface area contributed by atoms with Crippen LogP contribution in [0.2, 0.25) is 0 Å². The number of hydrogen-bond acceptors (Lipinski definition) is 4. The van der Waals surface area contributed by atoms with Crippen molar-refractivity contribution >= 4 is 6.03 Å². The van der Waals surface area contributed by atoms with E-state index in [0.717, 1.165) is 24.2 Å². The summed E-state index contributed by atoms with van der Waals surface area (Å²) in [6.45, 7) is 9.01. The molecule has 1 aliphatic heterocycles. The van der Waals surface area contributed by atoms with Crippen LogP contribution in [0, 0.1) is 0 Å². The molecular weight excluding hydrogens is 320 g/mol. The summed E-state index contributed by atoms with van der Waals surface area (Å²) in [6, 6.07) is 5.69. The molecule has 6 heteroatoms. The Bertz CT molecular complexity index is 575. The molecule has 1 fully saturated rings. The maximum Gasteiger partial charge on any atom is 0.317 e. The smallest absolute Gasteiger partial charge is 0.317 e. The van der Waals surface area contributed by atoms with Gasteiger partial charge in [-0.05, 0) is 38.0 Å². The quantitative estimate of drug-likeness (QED) is 0.767. The van der Waals surface area contributed by atoms with Gasteiger partial charge in [0, 0.05) is 13.1 Å². The van der Waals surface area contributed by atoms with Crippen LogP contribution in [-0.4, -0.2) is 49.9 Å². The van der Waals surface area contributed by atoms with Gasteiger partial charge in [0.2, 0.25) is 0 Å². The number of amides is 2. The van der Waals surface area contributed by atoms with E-state index in [0.29, 0.717) is 38.6 Å². The molecule has 2 amide bonds. The molecule has 6 nitrogen and oxygen atoms in total. The molecule has 140 valence electrons. The maximum atomic E-state index is 12.4. The second kappa shape index (κ2) is 8.94. The molecule has 1 aliphatic rings. The van der Waals surface area contributed by atoms with Crippen LogP contribution in [0.5, 0.6) is 11.5 Å². The first-order valence-corrected chi connectivity index (χ1v) is 8.91. The number of hydrogen-bond donors (Lipinski definition) is 1. The fraction of sp³-hybridized carbons (Fsp3) is 0.632. The summed E-state index contributed by atoms with van der Waals surface area (Å²) in [5.74, 6) is 1.43. The van der Waals surface area contributed by atoms with Crippen molar-refractivity contribution in [3.05, 3.63) is 23.8 Å². The molecule has 0 aromatic heterocycles. The molecule has 1 heterocycles. The number of rotatable bonds is 7. The largest absolute Gasteiger partial charge is 0.493 e. The van der Waals surface area contributed by atoms with E-state index in [1.807, 2.05) is 32.0 Å². The molecule has 1 aromatic carbocycles. The summed E-state index contributed by atoms with van der Waals surface area (Å²) in [7, 11) is 1.63. The van der Waals surface area contributed by atoms with E-state index in [2.05, 4.69) is 12.2 Å². The van der Waals surface area contributed by atoms with E-state index in [1.54, 1.807) is 12.0 Å². The molecule has 1 aromatic rings. The van der Waals surface area contributed by atoms with Crippen molar-refractivity contribution in [1.29, 1.82) is 0 Å². The molecule has 0 atom stereocenters. The van der Waals surface area contributed by atoms with E-state index in [9.17, 15) is 4.79 Å². The summed E-state index contributed by atoms with van der Waals surface area (Å²) < 4.78 is 16.8. The molecule has 0 bridgehead atoms. The number of methoxy groups -OCH3 is 1. The van der Waals surface area contributed by atoms with Crippen molar-refractivity contribution in [3.8, 4) is 11.5 Å². The van der Waals surface area contributed by atoms with Crippen LogP contribution < -0.4 is 14.8 Å². The third-order valence-electron chi connectivity index (χ3n) is 4.14.